The van der Waals surface area contributed by atoms with E-state index in [9.17, 15) is 0 Å². The fraction of sp³-hybridized carbons (Fsp3) is 1.00. The highest BCUT2D eigenvalue weighted by atomic mass is 16.5. The number of rotatable bonds is 3. The summed E-state index contributed by atoms with van der Waals surface area (Å²) < 4.78 is 10.6. The Morgan fingerprint density at radius 2 is 2.50 bits per heavy atom. The lowest BCUT2D eigenvalue weighted by Gasteiger charge is -2.24. The maximum atomic E-state index is 5.35. The van der Waals surface area contributed by atoms with Crippen LogP contribution in [-0.2, 0) is 9.47 Å². The lowest BCUT2D eigenvalue weighted by molar-refractivity contribution is -0.0144. The summed E-state index contributed by atoms with van der Waals surface area (Å²) in [4.78, 5) is 0. The highest BCUT2D eigenvalue weighted by Crippen LogP contribution is 2.20. The number of likely N-dealkylation sites (N-methyl/N-ethyl adjacent to an activating group) is 1. The molecule has 1 aliphatic rings. The third-order valence-electron chi connectivity index (χ3n) is 2.00. The Balaban J connectivity index is 2.41. The molecule has 1 fully saturated rings. The summed E-state index contributed by atoms with van der Waals surface area (Å²) in [6, 6.07) is 0. The van der Waals surface area contributed by atoms with Crippen LogP contribution in [0, 0.1) is 0 Å². The summed E-state index contributed by atoms with van der Waals surface area (Å²) in [6.45, 7) is 2.43. The molecule has 0 aliphatic carbocycles. The molecule has 10 heavy (non-hydrogen) atoms. The third-order valence-corrected chi connectivity index (χ3v) is 2.00. The normalized spacial score (nSPS) is 33.0. The summed E-state index contributed by atoms with van der Waals surface area (Å²) in [7, 11) is 3.67. The predicted octanol–water partition coefficient (Wildman–Crippen LogP) is 0.0113. The molecule has 3 heteroatoms. The lowest BCUT2D eigenvalue weighted by atomic mass is 10.0. The molecule has 0 amide bonds. The van der Waals surface area contributed by atoms with Crippen LogP contribution < -0.4 is 5.32 Å². The van der Waals surface area contributed by atoms with E-state index in [0.717, 1.165) is 26.2 Å². The molecule has 0 aromatic carbocycles. The molecule has 0 aromatic heterocycles. The second kappa shape index (κ2) is 3.32. The van der Waals surface area contributed by atoms with E-state index in [1.807, 2.05) is 7.05 Å². The summed E-state index contributed by atoms with van der Waals surface area (Å²) in [5.41, 5.74) is -0.0469. The molecule has 60 valence electrons. The van der Waals surface area contributed by atoms with Crippen LogP contribution in [-0.4, -0.2) is 39.5 Å². The molecule has 1 saturated heterocycles. The zero-order valence-corrected chi connectivity index (χ0v) is 6.64. The van der Waals surface area contributed by atoms with E-state index in [0.29, 0.717) is 0 Å². The first kappa shape index (κ1) is 7.98. The van der Waals surface area contributed by atoms with Crippen LogP contribution in [0.1, 0.15) is 6.42 Å². The molecule has 1 aliphatic heterocycles. The van der Waals surface area contributed by atoms with Crippen molar-refractivity contribution in [1.29, 1.82) is 0 Å². The lowest BCUT2D eigenvalue weighted by Crippen LogP contribution is -2.41. The van der Waals surface area contributed by atoms with Gasteiger partial charge in [-0.3, -0.25) is 0 Å². The van der Waals surface area contributed by atoms with Gasteiger partial charge in [0, 0.05) is 26.7 Å². The van der Waals surface area contributed by atoms with Crippen molar-refractivity contribution in [3.63, 3.8) is 0 Å². The van der Waals surface area contributed by atoms with E-state index < -0.39 is 0 Å². The largest absolute Gasteiger partial charge is 0.378 e. The topological polar surface area (TPSA) is 30.5 Å². The van der Waals surface area contributed by atoms with E-state index >= 15 is 0 Å². The Bertz CT molecular complexity index is 99.8. The fourth-order valence-corrected chi connectivity index (χ4v) is 1.28. The predicted molar refractivity (Wildman–Crippen MR) is 39.1 cm³/mol. The van der Waals surface area contributed by atoms with Gasteiger partial charge in [0.25, 0.3) is 0 Å². The van der Waals surface area contributed by atoms with Crippen LogP contribution in [0.5, 0.6) is 0 Å². The average molecular weight is 145 g/mol. The first-order valence-corrected chi connectivity index (χ1v) is 3.60. The van der Waals surface area contributed by atoms with Crippen molar-refractivity contribution in [3.8, 4) is 0 Å². The number of methoxy groups -OCH3 is 1. The van der Waals surface area contributed by atoms with Gasteiger partial charge in [-0.2, -0.15) is 0 Å². The number of hydrogen-bond acceptors (Lipinski definition) is 3. The van der Waals surface area contributed by atoms with Gasteiger partial charge >= 0.3 is 0 Å². The monoisotopic (exact) mass is 145 g/mol. The van der Waals surface area contributed by atoms with E-state index in [1.165, 1.54) is 0 Å². The zero-order valence-electron chi connectivity index (χ0n) is 6.64. The van der Waals surface area contributed by atoms with Gasteiger partial charge in [-0.1, -0.05) is 0 Å². The molecule has 0 aromatic rings. The van der Waals surface area contributed by atoms with Gasteiger partial charge in [-0.05, 0) is 7.05 Å². The molecule has 3 nitrogen and oxygen atoms in total. The smallest absolute Gasteiger partial charge is 0.106 e. The molecular formula is C7H15NO2. The van der Waals surface area contributed by atoms with Crippen LogP contribution in [0.25, 0.3) is 0 Å². The summed E-state index contributed by atoms with van der Waals surface area (Å²) in [5.74, 6) is 0. The van der Waals surface area contributed by atoms with E-state index in [1.54, 1.807) is 7.11 Å². The highest BCUT2D eigenvalue weighted by molar-refractivity contribution is 4.86. The summed E-state index contributed by atoms with van der Waals surface area (Å²) >= 11 is 0. The Labute approximate surface area is 61.7 Å². The Morgan fingerprint density at radius 3 is 2.90 bits per heavy atom. The second-order valence-corrected chi connectivity index (χ2v) is 2.72. The Morgan fingerprint density at radius 1 is 1.70 bits per heavy atom. The van der Waals surface area contributed by atoms with Crippen LogP contribution in [0.3, 0.4) is 0 Å². The standard InChI is InChI=1S/C7H15NO2/c1-8-5-7(9-2)3-4-10-6-7/h8H,3-6H2,1-2H3. The van der Waals surface area contributed by atoms with Gasteiger partial charge < -0.3 is 14.8 Å². The number of nitrogens with one attached hydrogen (secondary N) is 1. The Hall–Kier alpha value is -0.120. The Kier molecular flexibility index (Phi) is 2.65. The maximum Gasteiger partial charge on any atom is 0.106 e. The SMILES string of the molecule is CNCC1(OC)CCOC1. The first-order valence-electron chi connectivity index (χ1n) is 3.60. The quantitative estimate of drug-likeness (QED) is 0.607. The average Bonchev–Trinajstić information content (AvgIpc) is 2.39. The molecule has 1 rings (SSSR count). The molecule has 1 N–H and O–H groups in total. The van der Waals surface area contributed by atoms with Crippen molar-refractivity contribution in [2.75, 3.05) is 33.9 Å². The van der Waals surface area contributed by atoms with Crippen molar-refractivity contribution in [2.45, 2.75) is 12.0 Å². The van der Waals surface area contributed by atoms with Gasteiger partial charge in [-0.25, -0.2) is 0 Å². The van der Waals surface area contributed by atoms with E-state index in [-0.39, 0.29) is 5.60 Å². The van der Waals surface area contributed by atoms with Crippen molar-refractivity contribution >= 4 is 0 Å². The fourth-order valence-electron chi connectivity index (χ4n) is 1.28. The molecule has 0 radical (unpaired) electrons. The van der Waals surface area contributed by atoms with Gasteiger partial charge in [0.15, 0.2) is 0 Å². The summed E-state index contributed by atoms with van der Waals surface area (Å²) in [5, 5.41) is 3.10. The minimum atomic E-state index is -0.0469. The van der Waals surface area contributed by atoms with Crippen LogP contribution >= 0.6 is 0 Å². The van der Waals surface area contributed by atoms with Crippen molar-refractivity contribution in [1.82, 2.24) is 5.32 Å². The van der Waals surface area contributed by atoms with Crippen LogP contribution in [0.15, 0.2) is 0 Å². The van der Waals surface area contributed by atoms with Gasteiger partial charge in [0.1, 0.15) is 5.60 Å². The van der Waals surface area contributed by atoms with Crippen LogP contribution in [0.2, 0.25) is 0 Å². The van der Waals surface area contributed by atoms with E-state index in [4.69, 9.17) is 9.47 Å². The minimum Gasteiger partial charge on any atom is -0.378 e. The first-order chi connectivity index (χ1) is 4.83. The number of ether oxygens (including phenoxy) is 2. The molecule has 1 heterocycles. The number of hydrogen-bond donors (Lipinski definition) is 1. The third kappa shape index (κ3) is 1.48. The van der Waals surface area contributed by atoms with Gasteiger partial charge in [0.05, 0.1) is 6.61 Å². The minimum absolute atomic E-state index is 0.0469. The highest BCUT2D eigenvalue weighted by Gasteiger charge is 2.33. The second-order valence-electron chi connectivity index (χ2n) is 2.72. The molecule has 0 spiro atoms. The maximum absolute atomic E-state index is 5.35. The van der Waals surface area contributed by atoms with Crippen molar-refractivity contribution in [2.24, 2.45) is 0 Å². The molecule has 1 unspecified atom stereocenters. The van der Waals surface area contributed by atoms with Gasteiger partial charge in [0.2, 0.25) is 0 Å². The van der Waals surface area contributed by atoms with Gasteiger partial charge in [-0.15, -0.1) is 0 Å². The molecule has 1 atom stereocenters. The van der Waals surface area contributed by atoms with Crippen molar-refractivity contribution in [3.05, 3.63) is 0 Å². The molecule has 0 saturated carbocycles. The van der Waals surface area contributed by atoms with Crippen molar-refractivity contribution < 1.29 is 9.47 Å². The van der Waals surface area contributed by atoms with Crippen LogP contribution in [0.4, 0.5) is 0 Å². The zero-order chi connectivity index (χ0) is 7.45. The van der Waals surface area contributed by atoms with E-state index in [2.05, 4.69) is 5.32 Å². The molecular weight excluding hydrogens is 130 g/mol. The summed E-state index contributed by atoms with van der Waals surface area (Å²) in [6.07, 6.45) is 1.00. The molecule has 0 bridgehead atoms.